The Morgan fingerprint density at radius 3 is 2.07 bits per heavy atom. The first-order valence-electron chi connectivity index (χ1n) is 6.22. The molecule has 1 unspecified atom stereocenters. The van der Waals surface area contributed by atoms with E-state index in [-0.39, 0.29) is 5.54 Å². The lowest BCUT2D eigenvalue weighted by Gasteiger charge is -2.26. The third-order valence-corrected chi connectivity index (χ3v) is 5.29. The Morgan fingerprint density at radius 1 is 1.20 bits per heavy atom. The summed E-state index contributed by atoms with van der Waals surface area (Å²) in [6, 6.07) is 0. The summed E-state index contributed by atoms with van der Waals surface area (Å²) in [4.78, 5) is 4.69. The van der Waals surface area contributed by atoms with Crippen molar-refractivity contribution in [3.63, 3.8) is 0 Å². The summed E-state index contributed by atoms with van der Waals surface area (Å²) in [5.41, 5.74) is 0.834. The molecule has 15 heavy (non-hydrogen) atoms. The van der Waals surface area contributed by atoms with Crippen LogP contribution in [0.4, 0.5) is 0 Å². The minimum Gasteiger partial charge on any atom is -0.292 e. The van der Waals surface area contributed by atoms with Gasteiger partial charge in [-0.05, 0) is 38.9 Å². The average Bonchev–Trinajstić information content (AvgIpc) is 1.99. The van der Waals surface area contributed by atoms with E-state index in [4.69, 9.17) is 0 Å². The van der Waals surface area contributed by atoms with Crippen LogP contribution in [0, 0.1) is 0 Å². The van der Waals surface area contributed by atoms with Crippen molar-refractivity contribution in [3.05, 3.63) is 0 Å². The van der Waals surface area contributed by atoms with E-state index >= 15 is 0 Å². The first-order chi connectivity index (χ1) is 6.67. The fraction of sp³-hybridized carbons (Fsp3) is 0.923. The first kappa shape index (κ1) is 14.9. The van der Waals surface area contributed by atoms with Gasteiger partial charge in [0, 0.05) is 0 Å². The molecule has 0 aromatic carbocycles. The smallest absolute Gasteiger partial charge is 0.0533 e. The van der Waals surface area contributed by atoms with E-state index in [0.29, 0.717) is 0 Å². The fourth-order valence-corrected chi connectivity index (χ4v) is 3.06. The highest BCUT2D eigenvalue weighted by Crippen LogP contribution is 2.26. The second kappa shape index (κ2) is 5.83. The van der Waals surface area contributed by atoms with Crippen LogP contribution in [0.15, 0.2) is 4.99 Å². The maximum atomic E-state index is 4.69. The van der Waals surface area contributed by atoms with Gasteiger partial charge in [-0.15, -0.1) is 0 Å². The molecule has 0 bridgehead atoms. The highest BCUT2D eigenvalue weighted by atomic mass is 28.3. The van der Waals surface area contributed by atoms with Gasteiger partial charge in [0.2, 0.25) is 0 Å². The van der Waals surface area contributed by atoms with Gasteiger partial charge >= 0.3 is 0 Å². The Kier molecular flexibility index (Phi) is 5.79. The van der Waals surface area contributed by atoms with Crippen molar-refractivity contribution >= 4 is 14.3 Å². The lowest BCUT2D eigenvalue weighted by atomic mass is 10.1. The van der Waals surface area contributed by atoms with Gasteiger partial charge in [0.15, 0.2) is 0 Å². The summed E-state index contributed by atoms with van der Waals surface area (Å²) in [6.07, 6.45) is 6.21. The zero-order valence-electron chi connectivity index (χ0n) is 11.7. The van der Waals surface area contributed by atoms with Crippen molar-refractivity contribution in [2.24, 2.45) is 4.99 Å². The number of hydrogen-bond donors (Lipinski definition) is 0. The monoisotopic (exact) mass is 227 g/mol. The van der Waals surface area contributed by atoms with Crippen LogP contribution in [0.3, 0.4) is 0 Å². The van der Waals surface area contributed by atoms with Gasteiger partial charge in [0.25, 0.3) is 0 Å². The lowest BCUT2D eigenvalue weighted by molar-refractivity contribution is 0.583. The molecule has 0 saturated heterocycles. The van der Waals surface area contributed by atoms with Crippen molar-refractivity contribution in [1.29, 1.82) is 0 Å². The topological polar surface area (TPSA) is 12.4 Å². The molecule has 0 spiro atoms. The second-order valence-electron chi connectivity index (χ2n) is 6.56. The van der Waals surface area contributed by atoms with Crippen molar-refractivity contribution in [3.8, 4) is 0 Å². The largest absolute Gasteiger partial charge is 0.292 e. The van der Waals surface area contributed by atoms with Crippen molar-refractivity contribution in [2.75, 3.05) is 0 Å². The maximum Gasteiger partial charge on any atom is 0.0533 e. The van der Waals surface area contributed by atoms with Crippen LogP contribution in [0.25, 0.3) is 0 Å². The van der Waals surface area contributed by atoms with Gasteiger partial charge in [-0.3, -0.25) is 4.99 Å². The fourth-order valence-electron chi connectivity index (χ4n) is 1.47. The van der Waals surface area contributed by atoms with Gasteiger partial charge in [-0.1, -0.05) is 39.4 Å². The summed E-state index contributed by atoms with van der Waals surface area (Å²) < 4.78 is 0. The van der Waals surface area contributed by atoms with Crippen molar-refractivity contribution in [1.82, 2.24) is 0 Å². The van der Waals surface area contributed by atoms with Gasteiger partial charge in [-0.2, -0.15) is 0 Å². The molecule has 1 nitrogen and oxygen atoms in total. The van der Waals surface area contributed by atoms with Crippen LogP contribution in [-0.2, 0) is 0 Å². The quantitative estimate of drug-likeness (QED) is 0.474. The molecule has 0 fully saturated rings. The molecule has 0 aliphatic rings. The van der Waals surface area contributed by atoms with Crippen LogP contribution < -0.4 is 0 Å². The Bertz CT molecular complexity index is 196. The van der Waals surface area contributed by atoms with Crippen LogP contribution in [0.1, 0.15) is 47.0 Å². The number of nitrogens with zero attached hydrogens (tertiary/aromatic N) is 1. The molecule has 90 valence electrons. The van der Waals surface area contributed by atoms with E-state index in [0.717, 1.165) is 5.54 Å². The Labute approximate surface area is 97.4 Å². The molecule has 1 atom stereocenters. The summed E-state index contributed by atoms with van der Waals surface area (Å²) in [7, 11) is -1.07. The SMILES string of the molecule is CCCCC(C=NC(C)(C)C)[Si](C)(C)C. The number of aliphatic imine (C=N–C) groups is 1. The Balaban J connectivity index is 4.45. The summed E-state index contributed by atoms with van der Waals surface area (Å²) in [6.45, 7) is 16.1. The number of hydrogen-bond acceptors (Lipinski definition) is 1. The Morgan fingerprint density at radius 2 is 1.73 bits per heavy atom. The minimum atomic E-state index is -1.07. The molecule has 0 aromatic heterocycles. The summed E-state index contributed by atoms with van der Waals surface area (Å²) in [5.74, 6) is 0. The molecule has 0 N–H and O–H groups in total. The Hall–Kier alpha value is -0.113. The number of rotatable bonds is 5. The van der Waals surface area contributed by atoms with Crippen LogP contribution in [0.2, 0.25) is 25.2 Å². The van der Waals surface area contributed by atoms with Crippen molar-refractivity contribution in [2.45, 2.75) is 77.7 Å². The first-order valence-corrected chi connectivity index (χ1v) is 9.80. The molecule has 0 aromatic rings. The van der Waals surface area contributed by atoms with Crippen molar-refractivity contribution < 1.29 is 0 Å². The molecular weight excluding hydrogens is 198 g/mol. The van der Waals surface area contributed by atoms with E-state index in [1.54, 1.807) is 0 Å². The van der Waals surface area contributed by atoms with E-state index < -0.39 is 8.07 Å². The maximum absolute atomic E-state index is 4.69. The number of unbranched alkanes of at least 4 members (excludes halogenated alkanes) is 1. The van der Waals surface area contributed by atoms with Gasteiger partial charge < -0.3 is 0 Å². The average molecular weight is 227 g/mol. The van der Waals surface area contributed by atoms with E-state index in [9.17, 15) is 0 Å². The predicted molar refractivity (Wildman–Crippen MR) is 74.9 cm³/mol. The molecule has 0 rings (SSSR count). The summed E-state index contributed by atoms with van der Waals surface area (Å²) in [5, 5.41) is 0. The third-order valence-electron chi connectivity index (χ3n) is 2.62. The van der Waals surface area contributed by atoms with Crippen LogP contribution in [0.5, 0.6) is 0 Å². The lowest BCUT2D eigenvalue weighted by Crippen LogP contribution is -2.30. The molecule has 0 saturated carbocycles. The van der Waals surface area contributed by atoms with Gasteiger partial charge in [-0.25, -0.2) is 0 Å². The molecule has 2 heteroatoms. The predicted octanol–water partition coefficient (Wildman–Crippen LogP) is 4.75. The zero-order chi connectivity index (χ0) is 12.1. The van der Waals surface area contributed by atoms with Gasteiger partial charge in [0.1, 0.15) is 0 Å². The van der Waals surface area contributed by atoms with Crippen LogP contribution in [-0.4, -0.2) is 19.8 Å². The zero-order valence-corrected chi connectivity index (χ0v) is 12.7. The third kappa shape index (κ3) is 7.77. The van der Waals surface area contributed by atoms with Crippen LogP contribution >= 0.6 is 0 Å². The molecule has 0 radical (unpaired) electrons. The van der Waals surface area contributed by atoms with E-state index in [1.165, 1.54) is 19.3 Å². The van der Waals surface area contributed by atoms with Gasteiger partial charge in [0.05, 0.1) is 13.6 Å². The minimum absolute atomic E-state index is 0.0874. The molecule has 0 heterocycles. The van der Waals surface area contributed by atoms with E-state index in [1.807, 2.05) is 0 Å². The van der Waals surface area contributed by atoms with E-state index in [2.05, 4.69) is 58.5 Å². The normalized spacial score (nSPS) is 15.9. The standard InChI is InChI=1S/C13H29NSi/c1-8-9-10-12(15(5,6)7)11-14-13(2,3)4/h11-12H,8-10H2,1-7H3. The molecule has 0 amide bonds. The highest BCUT2D eigenvalue weighted by molar-refractivity contribution is 6.79. The molecule has 0 aliphatic carbocycles. The highest BCUT2D eigenvalue weighted by Gasteiger charge is 2.24. The summed E-state index contributed by atoms with van der Waals surface area (Å²) >= 11 is 0. The second-order valence-corrected chi connectivity index (χ2v) is 12.0. The molecule has 0 aliphatic heterocycles. The molecular formula is C13H29NSi.